The molecule has 0 saturated carbocycles. The second-order valence-electron chi connectivity index (χ2n) is 4.31. The molecular weight excluding hydrogens is 313 g/mol. The average molecular weight is 326 g/mol. The second kappa shape index (κ2) is 6.33. The first-order valence-corrected chi connectivity index (χ1v) is 7.03. The Balaban J connectivity index is 2.47. The van der Waals surface area contributed by atoms with Crippen LogP contribution < -0.4 is 0 Å². The van der Waals surface area contributed by atoms with Gasteiger partial charge in [0, 0.05) is 15.6 Å². The zero-order valence-corrected chi connectivity index (χ0v) is 13.0. The molecule has 0 radical (unpaired) electrons. The maximum Gasteiger partial charge on any atom is 0.343 e. The Morgan fingerprint density at radius 3 is 2.57 bits per heavy atom. The molecule has 6 heteroatoms. The number of hydrogen-bond donors (Lipinski definition) is 1. The predicted octanol–water partition coefficient (Wildman–Crippen LogP) is 4.18. The molecule has 21 heavy (non-hydrogen) atoms. The van der Waals surface area contributed by atoms with Gasteiger partial charge in [-0.25, -0.2) is 9.79 Å². The van der Waals surface area contributed by atoms with Gasteiger partial charge < -0.3 is 9.84 Å². The monoisotopic (exact) mass is 325 g/mol. The van der Waals surface area contributed by atoms with Gasteiger partial charge in [0.05, 0.1) is 12.3 Å². The number of aliphatic imine (C=N–C) groups is 1. The summed E-state index contributed by atoms with van der Waals surface area (Å²) in [5.41, 5.74) is 1.21. The number of hydrogen-bond acceptors (Lipinski definition) is 4. The number of aliphatic hydroxyl groups is 1. The van der Waals surface area contributed by atoms with E-state index in [1.54, 1.807) is 32.0 Å². The molecule has 0 spiro atoms. The van der Waals surface area contributed by atoms with Crippen LogP contribution in [-0.4, -0.2) is 23.4 Å². The van der Waals surface area contributed by atoms with E-state index < -0.39 is 5.97 Å². The molecule has 0 amide bonds. The highest BCUT2D eigenvalue weighted by atomic mass is 35.5. The summed E-state index contributed by atoms with van der Waals surface area (Å²) in [5.74, 6) is -0.841. The van der Waals surface area contributed by atoms with Crippen molar-refractivity contribution in [1.82, 2.24) is 0 Å². The summed E-state index contributed by atoms with van der Waals surface area (Å²) in [6.45, 7) is 3.53. The number of esters is 1. The van der Waals surface area contributed by atoms with Gasteiger partial charge in [0.25, 0.3) is 0 Å². The summed E-state index contributed by atoms with van der Waals surface area (Å²) in [7, 11) is 0. The molecule has 1 aliphatic heterocycles. The fourth-order valence-electron chi connectivity index (χ4n) is 1.92. The van der Waals surface area contributed by atoms with Crippen LogP contribution in [0.2, 0.25) is 10.0 Å². The molecule has 1 N–H and O–H groups in total. The van der Waals surface area contributed by atoms with Gasteiger partial charge in [-0.2, -0.15) is 0 Å². The number of ether oxygens (including phenoxy) is 1. The molecule has 1 aromatic carbocycles. The minimum absolute atomic E-state index is 0.0614. The Morgan fingerprint density at radius 2 is 2.00 bits per heavy atom. The molecule has 1 aromatic rings. The lowest BCUT2D eigenvalue weighted by Crippen LogP contribution is -2.13. The van der Waals surface area contributed by atoms with Crippen LogP contribution in [0.25, 0.3) is 6.08 Å². The van der Waals surface area contributed by atoms with Crippen molar-refractivity contribution in [3.63, 3.8) is 0 Å². The number of benzene rings is 1. The molecule has 0 fully saturated rings. The van der Waals surface area contributed by atoms with Crippen molar-refractivity contribution < 1.29 is 14.6 Å². The van der Waals surface area contributed by atoms with Gasteiger partial charge in [-0.05, 0) is 32.1 Å². The van der Waals surface area contributed by atoms with E-state index in [0.717, 1.165) is 0 Å². The van der Waals surface area contributed by atoms with Crippen molar-refractivity contribution in [2.24, 2.45) is 4.99 Å². The van der Waals surface area contributed by atoms with Crippen molar-refractivity contribution in [1.29, 1.82) is 0 Å². The standard InChI is InChI=1S/C15H13Cl2NO3/c1-3-21-15(20)13-8(2)18-12(14(13)19)7-9-10(16)5-4-6-11(9)17/h4-7,19H,3H2,1-2H3/b12-7-. The molecule has 0 unspecified atom stereocenters. The quantitative estimate of drug-likeness (QED) is 0.848. The van der Waals surface area contributed by atoms with E-state index >= 15 is 0 Å². The molecular formula is C15H13Cl2NO3. The topological polar surface area (TPSA) is 58.9 Å². The summed E-state index contributed by atoms with van der Waals surface area (Å²) >= 11 is 12.1. The van der Waals surface area contributed by atoms with Gasteiger partial charge >= 0.3 is 5.97 Å². The Hall–Kier alpha value is -1.78. The SMILES string of the molecule is CCOC(=O)C1=C(O)/C(=C/c2c(Cl)cccc2Cl)N=C1C. The maximum absolute atomic E-state index is 11.8. The van der Waals surface area contributed by atoms with Crippen LogP contribution in [0.4, 0.5) is 0 Å². The van der Waals surface area contributed by atoms with Crippen LogP contribution in [0.5, 0.6) is 0 Å². The number of halogens is 2. The number of carbonyl (C=O) groups excluding carboxylic acids is 1. The molecule has 2 rings (SSSR count). The molecule has 0 atom stereocenters. The molecule has 0 aliphatic carbocycles. The van der Waals surface area contributed by atoms with Crippen LogP contribution in [0.1, 0.15) is 19.4 Å². The highest BCUT2D eigenvalue weighted by Gasteiger charge is 2.27. The Morgan fingerprint density at radius 1 is 1.38 bits per heavy atom. The molecule has 4 nitrogen and oxygen atoms in total. The summed E-state index contributed by atoms with van der Waals surface area (Å²) < 4.78 is 4.90. The third-order valence-electron chi connectivity index (χ3n) is 2.89. The first-order chi connectivity index (χ1) is 9.95. The largest absolute Gasteiger partial charge is 0.505 e. The number of carbonyl (C=O) groups is 1. The van der Waals surface area contributed by atoms with E-state index in [-0.39, 0.29) is 23.6 Å². The Bertz CT molecular complexity index is 670. The minimum atomic E-state index is -0.607. The van der Waals surface area contributed by atoms with Gasteiger partial charge in [0.2, 0.25) is 0 Å². The zero-order chi connectivity index (χ0) is 15.6. The van der Waals surface area contributed by atoms with E-state index in [4.69, 9.17) is 27.9 Å². The lowest BCUT2D eigenvalue weighted by atomic mass is 10.1. The van der Waals surface area contributed by atoms with E-state index in [1.807, 2.05) is 0 Å². The van der Waals surface area contributed by atoms with Gasteiger partial charge in [-0.1, -0.05) is 29.3 Å². The summed E-state index contributed by atoms with van der Waals surface area (Å²) in [5, 5.41) is 11.0. The number of rotatable bonds is 3. The third kappa shape index (κ3) is 3.12. The van der Waals surface area contributed by atoms with E-state index in [9.17, 15) is 9.90 Å². The Labute approximate surface area is 132 Å². The fraction of sp³-hybridized carbons (Fsp3) is 0.200. The van der Waals surface area contributed by atoms with E-state index in [0.29, 0.717) is 21.3 Å². The summed E-state index contributed by atoms with van der Waals surface area (Å²) in [6.07, 6.45) is 1.54. The first kappa shape index (κ1) is 15.6. The molecule has 1 heterocycles. The molecule has 110 valence electrons. The number of nitrogens with zero attached hydrogens (tertiary/aromatic N) is 1. The van der Waals surface area contributed by atoms with E-state index in [1.165, 1.54) is 6.08 Å². The highest BCUT2D eigenvalue weighted by Crippen LogP contribution is 2.31. The lowest BCUT2D eigenvalue weighted by molar-refractivity contribution is -0.138. The van der Waals surface area contributed by atoms with Crippen LogP contribution >= 0.6 is 23.2 Å². The normalized spacial score (nSPS) is 16.4. The van der Waals surface area contributed by atoms with Crippen LogP contribution in [0.15, 0.2) is 40.2 Å². The zero-order valence-electron chi connectivity index (χ0n) is 11.5. The molecule has 0 saturated heterocycles. The third-order valence-corrected chi connectivity index (χ3v) is 3.55. The van der Waals surface area contributed by atoms with Crippen molar-refractivity contribution in [3.8, 4) is 0 Å². The van der Waals surface area contributed by atoms with Crippen LogP contribution in [-0.2, 0) is 9.53 Å². The number of aliphatic hydroxyl groups excluding tert-OH is 1. The fourth-order valence-corrected chi connectivity index (χ4v) is 2.43. The molecule has 0 aromatic heterocycles. The summed E-state index contributed by atoms with van der Waals surface area (Å²) in [6, 6.07) is 5.08. The minimum Gasteiger partial charge on any atom is -0.505 e. The van der Waals surface area contributed by atoms with Crippen molar-refractivity contribution in [2.45, 2.75) is 13.8 Å². The smallest absolute Gasteiger partial charge is 0.343 e. The molecule has 1 aliphatic rings. The van der Waals surface area contributed by atoms with Crippen LogP contribution in [0.3, 0.4) is 0 Å². The van der Waals surface area contributed by atoms with E-state index in [2.05, 4.69) is 4.99 Å². The maximum atomic E-state index is 11.8. The predicted molar refractivity (Wildman–Crippen MR) is 83.8 cm³/mol. The summed E-state index contributed by atoms with van der Waals surface area (Å²) in [4.78, 5) is 16.0. The Kier molecular flexibility index (Phi) is 4.70. The van der Waals surface area contributed by atoms with Gasteiger partial charge in [-0.15, -0.1) is 0 Å². The highest BCUT2D eigenvalue weighted by molar-refractivity contribution is 6.37. The van der Waals surface area contributed by atoms with Crippen LogP contribution in [0, 0.1) is 0 Å². The van der Waals surface area contributed by atoms with Crippen molar-refractivity contribution in [2.75, 3.05) is 6.61 Å². The van der Waals surface area contributed by atoms with Gasteiger partial charge in [0.1, 0.15) is 11.3 Å². The second-order valence-corrected chi connectivity index (χ2v) is 5.12. The average Bonchev–Trinajstić information content (AvgIpc) is 2.69. The lowest BCUT2D eigenvalue weighted by Gasteiger charge is -2.04. The molecule has 0 bridgehead atoms. The van der Waals surface area contributed by atoms with Crippen molar-refractivity contribution >= 4 is 41.0 Å². The van der Waals surface area contributed by atoms with Crippen molar-refractivity contribution in [3.05, 3.63) is 50.8 Å². The first-order valence-electron chi connectivity index (χ1n) is 6.27. The van der Waals surface area contributed by atoms with Gasteiger partial charge in [0.15, 0.2) is 5.76 Å². The van der Waals surface area contributed by atoms with Gasteiger partial charge in [-0.3, -0.25) is 0 Å².